The monoisotopic (exact) mass is 629 g/mol. The van der Waals surface area contributed by atoms with E-state index in [4.69, 9.17) is 5.73 Å². The summed E-state index contributed by atoms with van der Waals surface area (Å²) in [6, 6.07) is 10.5. The van der Waals surface area contributed by atoms with Crippen molar-refractivity contribution in [2.45, 2.75) is 14.7 Å². The smallest absolute Gasteiger partial charge is 0.504 e. The SMILES string of the molecule is Nc1ccc(/C=C/c2ccc(N=Nc3cc(S(=O)(=O)O)c4cccnc4c3O)cc2S(=O)(=O)O)c(S(=O)(=O)O)c1.[Na+]. The van der Waals surface area contributed by atoms with Gasteiger partial charge in [-0.2, -0.15) is 30.4 Å². The number of rotatable bonds is 7. The number of hydrogen-bond donors (Lipinski definition) is 5. The van der Waals surface area contributed by atoms with Gasteiger partial charge in [0.2, 0.25) is 0 Å². The number of nitrogen functional groups attached to an aromatic ring is 1. The fourth-order valence-corrected chi connectivity index (χ4v) is 5.75. The zero-order chi connectivity index (χ0) is 29.5. The van der Waals surface area contributed by atoms with E-state index in [0.29, 0.717) is 0 Å². The van der Waals surface area contributed by atoms with Crippen LogP contribution in [0.5, 0.6) is 5.75 Å². The average Bonchev–Trinajstić information content (AvgIpc) is 2.86. The van der Waals surface area contributed by atoms with Crippen LogP contribution in [-0.2, 0) is 30.4 Å². The first-order chi connectivity index (χ1) is 18.6. The van der Waals surface area contributed by atoms with Gasteiger partial charge in [-0.1, -0.05) is 24.3 Å². The number of hydrogen-bond acceptors (Lipinski definition) is 11. The quantitative estimate of drug-likeness (QED) is 0.0628. The van der Waals surface area contributed by atoms with Crippen molar-refractivity contribution >= 4 is 70.5 Å². The second-order valence-electron chi connectivity index (χ2n) is 8.12. The second-order valence-corrected chi connectivity index (χ2v) is 12.3. The molecule has 14 nitrogen and oxygen atoms in total. The van der Waals surface area contributed by atoms with E-state index < -0.39 is 56.5 Å². The Morgan fingerprint density at radius 2 is 1.29 bits per heavy atom. The Labute approximate surface area is 255 Å². The molecule has 0 aliphatic rings. The van der Waals surface area contributed by atoms with Gasteiger partial charge in [0.1, 0.15) is 25.9 Å². The van der Waals surface area contributed by atoms with Gasteiger partial charge in [0.25, 0.3) is 30.4 Å². The molecule has 0 aliphatic heterocycles. The van der Waals surface area contributed by atoms with Gasteiger partial charge in [-0.15, -0.1) is 5.11 Å². The van der Waals surface area contributed by atoms with Gasteiger partial charge in [-0.25, -0.2) is 0 Å². The van der Waals surface area contributed by atoms with Crippen molar-refractivity contribution in [3.8, 4) is 5.75 Å². The van der Waals surface area contributed by atoms with Crippen LogP contribution in [-0.4, -0.2) is 49.0 Å². The summed E-state index contributed by atoms with van der Waals surface area (Å²) in [5, 5.41) is 18.0. The summed E-state index contributed by atoms with van der Waals surface area (Å²) in [7, 11) is -14.3. The minimum absolute atomic E-state index is 0. The maximum Gasteiger partial charge on any atom is 1.00 e. The number of phenols is 1. The van der Waals surface area contributed by atoms with E-state index in [9.17, 15) is 44.0 Å². The Hall–Kier alpha value is -3.26. The maximum atomic E-state index is 12.1. The van der Waals surface area contributed by atoms with Crippen molar-refractivity contribution in [2.75, 3.05) is 5.73 Å². The molecule has 0 amide bonds. The molecule has 0 radical (unpaired) electrons. The summed E-state index contributed by atoms with van der Waals surface area (Å²) in [5.41, 5.74) is 4.71. The van der Waals surface area contributed by atoms with Crippen molar-refractivity contribution in [1.29, 1.82) is 0 Å². The van der Waals surface area contributed by atoms with Crippen LogP contribution in [0.15, 0.2) is 85.7 Å². The number of anilines is 1. The molecule has 1 heterocycles. The summed E-state index contributed by atoms with van der Waals surface area (Å²) < 4.78 is 100. The molecular formula is C23H18N4NaO10S3+. The van der Waals surface area contributed by atoms with E-state index in [1.807, 2.05) is 0 Å². The molecule has 0 atom stereocenters. The molecule has 4 aromatic rings. The topological polar surface area (TPSA) is 247 Å². The van der Waals surface area contributed by atoms with Gasteiger partial charge in [0, 0.05) is 17.3 Å². The number of benzene rings is 3. The third-order valence-corrected chi connectivity index (χ3v) is 8.10. The first-order valence-electron chi connectivity index (χ1n) is 10.7. The molecule has 0 fully saturated rings. The number of pyridine rings is 1. The van der Waals surface area contributed by atoms with Gasteiger partial charge in [0.05, 0.1) is 5.69 Å². The van der Waals surface area contributed by atoms with Crippen molar-refractivity contribution in [3.63, 3.8) is 0 Å². The van der Waals surface area contributed by atoms with E-state index in [1.54, 1.807) is 0 Å². The Bertz CT molecular complexity index is 2070. The fourth-order valence-electron chi connectivity index (χ4n) is 3.62. The van der Waals surface area contributed by atoms with E-state index in [-0.39, 0.29) is 63.0 Å². The van der Waals surface area contributed by atoms with E-state index in [1.165, 1.54) is 48.7 Å². The number of phenolic OH excluding ortho intramolecular Hbond substituents is 1. The Balaban J connectivity index is 0.00000462. The molecule has 0 bridgehead atoms. The van der Waals surface area contributed by atoms with Crippen LogP contribution >= 0.6 is 0 Å². The molecule has 0 aliphatic carbocycles. The molecule has 0 unspecified atom stereocenters. The van der Waals surface area contributed by atoms with E-state index >= 15 is 0 Å². The number of nitrogens with two attached hydrogens (primary N) is 1. The zero-order valence-corrected chi connectivity index (χ0v) is 25.3. The predicted molar refractivity (Wildman–Crippen MR) is 143 cm³/mol. The molecule has 18 heteroatoms. The summed E-state index contributed by atoms with van der Waals surface area (Å²) in [5.74, 6) is -0.570. The van der Waals surface area contributed by atoms with Crippen LogP contribution < -0.4 is 35.3 Å². The number of aromatic nitrogens is 1. The number of azo groups is 1. The summed E-state index contributed by atoms with van der Waals surface area (Å²) in [6.07, 6.45) is 3.60. The minimum Gasteiger partial charge on any atom is -0.504 e. The van der Waals surface area contributed by atoms with E-state index in [2.05, 4.69) is 15.2 Å². The number of fused-ring (bicyclic) bond motifs is 1. The first-order valence-corrected chi connectivity index (χ1v) is 15.0. The van der Waals surface area contributed by atoms with Gasteiger partial charge in [-0.05, 0) is 53.6 Å². The van der Waals surface area contributed by atoms with Crippen LogP contribution in [0.1, 0.15) is 11.1 Å². The van der Waals surface area contributed by atoms with Crippen molar-refractivity contribution < 1.29 is 73.6 Å². The second kappa shape index (κ2) is 11.9. The maximum absolute atomic E-state index is 12.1. The average molecular weight is 630 g/mol. The zero-order valence-electron chi connectivity index (χ0n) is 20.8. The first kappa shape index (κ1) is 32.3. The van der Waals surface area contributed by atoms with Crippen LogP contribution in [0.25, 0.3) is 23.1 Å². The van der Waals surface area contributed by atoms with Crippen LogP contribution in [0.4, 0.5) is 17.1 Å². The molecular weight excluding hydrogens is 611 g/mol. The Kier molecular flexibility index (Phi) is 9.38. The van der Waals surface area contributed by atoms with E-state index in [0.717, 1.165) is 24.3 Å². The van der Waals surface area contributed by atoms with Gasteiger partial charge in [-0.3, -0.25) is 18.6 Å². The predicted octanol–water partition coefficient (Wildman–Crippen LogP) is 0.853. The molecule has 0 saturated carbocycles. The molecule has 208 valence electrons. The summed E-state index contributed by atoms with van der Waals surface area (Å²) in [6.45, 7) is 0. The molecule has 0 saturated heterocycles. The van der Waals surface area contributed by atoms with Gasteiger partial charge < -0.3 is 10.8 Å². The Morgan fingerprint density at radius 3 is 1.88 bits per heavy atom. The van der Waals surface area contributed by atoms with Crippen molar-refractivity contribution in [1.82, 2.24) is 4.98 Å². The largest absolute Gasteiger partial charge is 1.00 e. The van der Waals surface area contributed by atoms with Gasteiger partial charge in [0.15, 0.2) is 5.75 Å². The van der Waals surface area contributed by atoms with Crippen molar-refractivity contribution in [2.24, 2.45) is 10.2 Å². The Morgan fingerprint density at radius 1 is 0.732 bits per heavy atom. The standard InChI is InChI=1S/C23H18N4O10S3.Na/c24-15-7-5-13(19(10-15)38(29,30)31)3-4-14-6-8-16(11-20(14)39(32,33)34)26-27-18-12-21(40(35,36)37)17-2-1-9-25-22(17)23(18)28;/h1-12,28H,24H2,(H,29,30,31)(H,32,33,34)(H,35,36,37);/q;+1/b4-3+,27-26?;. The third-order valence-electron chi connectivity index (χ3n) is 5.39. The summed E-state index contributed by atoms with van der Waals surface area (Å²) in [4.78, 5) is 2.10. The molecule has 41 heavy (non-hydrogen) atoms. The fraction of sp³-hybridized carbons (Fsp3) is 0. The minimum atomic E-state index is -4.86. The summed E-state index contributed by atoms with van der Waals surface area (Å²) >= 11 is 0. The molecule has 6 N–H and O–H groups in total. The molecule has 3 aromatic carbocycles. The van der Waals surface area contributed by atoms with Crippen LogP contribution in [0, 0.1) is 0 Å². The molecule has 1 aromatic heterocycles. The van der Waals surface area contributed by atoms with Crippen molar-refractivity contribution in [3.05, 3.63) is 71.9 Å². The normalized spacial score (nSPS) is 12.7. The van der Waals surface area contributed by atoms with Crippen LogP contribution in [0.3, 0.4) is 0 Å². The van der Waals surface area contributed by atoms with Gasteiger partial charge >= 0.3 is 29.6 Å². The third kappa shape index (κ3) is 7.34. The molecule has 4 rings (SSSR count). The number of nitrogens with zero attached hydrogens (tertiary/aromatic N) is 3. The van der Waals surface area contributed by atoms with Crippen LogP contribution in [0.2, 0.25) is 0 Å². The number of aromatic hydroxyl groups is 1. The molecule has 0 spiro atoms.